The predicted molar refractivity (Wildman–Crippen MR) is 39.3 cm³/mol. The van der Waals surface area contributed by atoms with E-state index in [1.807, 2.05) is 0 Å². The molecule has 60 valence electrons. The third-order valence-electron chi connectivity index (χ3n) is 0.804. The second kappa shape index (κ2) is 5.34. The maximum Gasteiger partial charge on any atom is 0.123 e. The molecular formula is C7H8F2N2. The zero-order chi connectivity index (χ0) is 8.69. The van der Waals surface area contributed by atoms with Gasteiger partial charge in [-0.1, -0.05) is 0 Å². The van der Waals surface area contributed by atoms with Gasteiger partial charge in [0, 0.05) is 0 Å². The Morgan fingerprint density at radius 3 is 1.45 bits per heavy atom. The summed E-state index contributed by atoms with van der Waals surface area (Å²) in [4.78, 5) is 0. The van der Waals surface area contributed by atoms with Gasteiger partial charge in [-0.3, -0.25) is 5.41 Å². The van der Waals surface area contributed by atoms with Gasteiger partial charge in [-0.15, -0.1) is 0 Å². The molecule has 0 spiro atoms. The molecule has 0 heterocycles. The Labute approximate surface area is 63.2 Å². The molecule has 0 aliphatic carbocycles. The van der Waals surface area contributed by atoms with Crippen molar-refractivity contribution < 1.29 is 8.78 Å². The van der Waals surface area contributed by atoms with Gasteiger partial charge in [0.1, 0.15) is 11.6 Å². The lowest BCUT2D eigenvalue weighted by atomic mass is 10.3. The van der Waals surface area contributed by atoms with Crippen LogP contribution in [0.2, 0.25) is 0 Å². The fraction of sp³-hybridized carbons (Fsp3) is 0. The maximum atomic E-state index is 11.9. The molecule has 0 aromatic heterocycles. The molecule has 0 aliphatic heterocycles. The highest BCUT2D eigenvalue weighted by Gasteiger charge is 1.86. The van der Waals surface area contributed by atoms with Gasteiger partial charge in [0.2, 0.25) is 0 Å². The topological polar surface area (TPSA) is 49.9 Å². The van der Waals surface area contributed by atoms with Crippen molar-refractivity contribution >= 4 is 6.34 Å². The van der Waals surface area contributed by atoms with E-state index in [-0.39, 0.29) is 0 Å². The second-order valence-electron chi connectivity index (χ2n) is 1.60. The summed E-state index contributed by atoms with van der Waals surface area (Å²) in [7, 11) is 0. The Kier molecular flexibility index (Phi) is 4.64. The van der Waals surface area contributed by atoms with Crippen LogP contribution < -0.4 is 5.73 Å². The van der Waals surface area contributed by atoms with Gasteiger partial charge in [0.05, 0.1) is 6.34 Å². The summed E-state index contributed by atoms with van der Waals surface area (Å²) in [6.07, 6.45) is 0.750. The van der Waals surface area contributed by atoms with Gasteiger partial charge in [-0.2, -0.15) is 0 Å². The van der Waals surface area contributed by atoms with E-state index in [0.717, 1.165) is 30.6 Å². The third-order valence-corrected chi connectivity index (χ3v) is 0.804. The van der Waals surface area contributed by atoms with Gasteiger partial charge in [0.15, 0.2) is 0 Å². The Morgan fingerprint density at radius 1 is 1.09 bits per heavy atom. The average molecular weight is 158 g/mol. The first-order valence-electron chi connectivity index (χ1n) is 2.82. The molecule has 11 heavy (non-hydrogen) atoms. The number of benzene rings is 1. The average Bonchev–Trinajstić information content (AvgIpc) is 1.97. The molecular weight excluding hydrogens is 150 g/mol. The van der Waals surface area contributed by atoms with Gasteiger partial charge in [-0.25, -0.2) is 8.78 Å². The van der Waals surface area contributed by atoms with Crippen LogP contribution in [0.3, 0.4) is 0 Å². The molecule has 0 aliphatic rings. The number of nitrogens with two attached hydrogens (primary N) is 1. The van der Waals surface area contributed by atoms with Gasteiger partial charge >= 0.3 is 0 Å². The van der Waals surface area contributed by atoms with Crippen LogP contribution in [-0.2, 0) is 0 Å². The van der Waals surface area contributed by atoms with Crippen molar-refractivity contribution in [3.8, 4) is 0 Å². The Balaban J connectivity index is 0.000000292. The Hall–Kier alpha value is -1.45. The van der Waals surface area contributed by atoms with E-state index >= 15 is 0 Å². The summed E-state index contributed by atoms with van der Waals surface area (Å²) in [6.45, 7) is 0. The molecule has 0 fully saturated rings. The van der Waals surface area contributed by atoms with Crippen LogP contribution >= 0.6 is 0 Å². The van der Waals surface area contributed by atoms with Crippen molar-refractivity contribution in [1.29, 1.82) is 5.41 Å². The Bertz CT molecular complexity index is 187. The van der Waals surface area contributed by atoms with Crippen LogP contribution in [0.25, 0.3) is 0 Å². The van der Waals surface area contributed by atoms with Crippen molar-refractivity contribution in [3.63, 3.8) is 0 Å². The highest BCUT2D eigenvalue weighted by molar-refractivity contribution is 5.46. The number of rotatable bonds is 0. The lowest BCUT2D eigenvalue weighted by molar-refractivity contribution is 0.600. The van der Waals surface area contributed by atoms with Crippen LogP contribution in [0.15, 0.2) is 24.3 Å². The maximum absolute atomic E-state index is 11.9. The zero-order valence-electron chi connectivity index (χ0n) is 5.72. The number of hydrogen-bond donors (Lipinski definition) is 2. The molecule has 0 unspecified atom stereocenters. The fourth-order valence-electron chi connectivity index (χ4n) is 0.430. The van der Waals surface area contributed by atoms with E-state index in [4.69, 9.17) is 5.41 Å². The van der Waals surface area contributed by atoms with Crippen LogP contribution in [0.5, 0.6) is 0 Å². The summed E-state index contributed by atoms with van der Waals surface area (Å²) in [5, 5.41) is 5.86. The Morgan fingerprint density at radius 2 is 1.27 bits per heavy atom. The fourth-order valence-corrected chi connectivity index (χ4v) is 0.430. The van der Waals surface area contributed by atoms with Crippen molar-refractivity contribution in [2.45, 2.75) is 0 Å². The summed E-state index contributed by atoms with van der Waals surface area (Å²) >= 11 is 0. The van der Waals surface area contributed by atoms with E-state index in [1.165, 1.54) is 0 Å². The third kappa shape index (κ3) is 5.02. The normalized spacial score (nSPS) is 7.82. The van der Waals surface area contributed by atoms with Crippen LogP contribution in [0.4, 0.5) is 8.78 Å². The molecule has 0 bridgehead atoms. The summed E-state index contributed by atoms with van der Waals surface area (Å²) in [5.74, 6) is -0.821. The number of halogens is 2. The number of nitrogens with one attached hydrogen (secondary N) is 1. The van der Waals surface area contributed by atoms with Crippen LogP contribution in [0, 0.1) is 17.0 Å². The van der Waals surface area contributed by atoms with Gasteiger partial charge < -0.3 is 5.73 Å². The van der Waals surface area contributed by atoms with E-state index in [2.05, 4.69) is 5.73 Å². The lowest BCUT2D eigenvalue weighted by Gasteiger charge is -1.83. The quantitative estimate of drug-likeness (QED) is 0.436. The van der Waals surface area contributed by atoms with Gasteiger partial charge in [0.25, 0.3) is 0 Å². The second-order valence-corrected chi connectivity index (χ2v) is 1.60. The standard InChI is InChI=1S/C6H4F2.CH4N2/c7-5-1-2-6(8)4-3-5;2-1-3/h1-4H;1H,(H3,2,3). The molecule has 0 saturated heterocycles. The largest absolute Gasteiger partial charge is 0.390 e. The van der Waals surface area contributed by atoms with E-state index in [0.29, 0.717) is 0 Å². The highest BCUT2D eigenvalue weighted by Crippen LogP contribution is 1.98. The minimum absolute atomic E-state index is 0.411. The summed E-state index contributed by atoms with van der Waals surface area (Å²) < 4.78 is 23.8. The molecule has 0 saturated carbocycles. The van der Waals surface area contributed by atoms with E-state index < -0.39 is 11.6 Å². The van der Waals surface area contributed by atoms with E-state index in [1.54, 1.807) is 0 Å². The smallest absolute Gasteiger partial charge is 0.123 e. The molecule has 0 amide bonds. The van der Waals surface area contributed by atoms with Crippen molar-refractivity contribution in [2.24, 2.45) is 5.73 Å². The molecule has 1 aromatic carbocycles. The first-order valence-corrected chi connectivity index (χ1v) is 2.82. The van der Waals surface area contributed by atoms with E-state index in [9.17, 15) is 8.78 Å². The number of hydrogen-bond acceptors (Lipinski definition) is 1. The summed E-state index contributed by atoms with van der Waals surface area (Å²) in [6, 6.07) is 4.31. The van der Waals surface area contributed by atoms with Crippen LogP contribution in [0.1, 0.15) is 0 Å². The SMILES string of the molecule is Fc1ccc(F)cc1.N=CN. The molecule has 0 atom stereocenters. The first kappa shape index (κ1) is 9.55. The highest BCUT2D eigenvalue weighted by atomic mass is 19.1. The molecule has 4 heteroatoms. The minimum atomic E-state index is -0.411. The molecule has 1 aromatic rings. The predicted octanol–water partition coefficient (Wildman–Crippen LogP) is 1.52. The van der Waals surface area contributed by atoms with Crippen molar-refractivity contribution in [2.75, 3.05) is 0 Å². The zero-order valence-corrected chi connectivity index (χ0v) is 5.72. The summed E-state index contributed by atoms with van der Waals surface area (Å²) in [5.41, 5.74) is 4.39. The molecule has 1 rings (SSSR count). The van der Waals surface area contributed by atoms with Crippen molar-refractivity contribution in [1.82, 2.24) is 0 Å². The minimum Gasteiger partial charge on any atom is -0.390 e. The van der Waals surface area contributed by atoms with Gasteiger partial charge in [-0.05, 0) is 24.3 Å². The lowest BCUT2D eigenvalue weighted by Crippen LogP contribution is -1.81. The first-order chi connectivity index (χ1) is 5.20. The van der Waals surface area contributed by atoms with Crippen LogP contribution in [-0.4, -0.2) is 6.34 Å². The molecule has 0 radical (unpaired) electrons. The monoisotopic (exact) mass is 158 g/mol. The van der Waals surface area contributed by atoms with Crippen molar-refractivity contribution in [3.05, 3.63) is 35.9 Å². The molecule has 3 N–H and O–H groups in total. The molecule has 2 nitrogen and oxygen atoms in total.